The first-order valence-corrected chi connectivity index (χ1v) is 13.4. The lowest BCUT2D eigenvalue weighted by molar-refractivity contribution is 0.298. The van der Waals surface area contributed by atoms with Gasteiger partial charge in [-0.05, 0) is 88.8 Å². The molecule has 4 aromatic rings. The van der Waals surface area contributed by atoms with Crippen LogP contribution in [0, 0.1) is 19.3 Å². The highest BCUT2D eigenvalue weighted by Gasteiger charge is 2.18. The number of terminal acetylenes is 1. The van der Waals surface area contributed by atoms with Crippen LogP contribution in [0.4, 0.5) is 0 Å². The highest BCUT2D eigenvalue weighted by atomic mass is 79.9. The van der Waals surface area contributed by atoms with E-state index in [0.717, 1.165) is 22.4 Å². The molecule has 1 heterocycles. The van der Waals surface area contributed by atoms with Crippen LogP contribution in [0.2, 0.25) is 0 Å². The van der Waals surface area contributed by atoms with Gasteiger partial charge in [0.1, 0.15) is 12.4 Å². The van der Waals surface area contributed by atoms with Gasteiger partial charge in [0.2, 0.25) is 0 Å². The van der Waals surface area contributed by atoms with E-state index in [1.165, 1.54) is 4.68 Å². The number of methoxy groups -OCH3 is 1. The molecular weight excluding hydrogens is 558 g/mol. The predicted octanol–water partition coefficient (Wildman–Crippen LogP) is 6.56. The SMILES string of the molecule is C#CCOc1c(Br)cc(C=Nn2c(-c3cc(C(C)C)c(OC)cc3C)nc3ccccc3c2=O)cc1OCC. The molecule has 0 unspecified atom stereocenters. The fourth-order valence-corrected chi connectivity index (χ4v) is 4.85. The van der Waals surface area contributed by atoms with Gasteiger partial charge in [-0.3, -0.25) is 4.79 Å². The number of nitrogens with zero attached hydrogens (tertiary/aromatic N) is 3. The molecule has 0 saturated carbocycles. The lowest BCUT2D eigenvalue weighted by atomic mass is 9.96. The molecule has 3 aromatic carbocycles. The molecule has 0 spiro atoms. The van der Waals surface area contributed by atoms with E-state index in [1.807, 2.05) is 50.2 Å². The van der Waals surface area contributed by atoms with Crippen LogP contribution in [0.1, 0.15) is 43.4 Å². The summed E-state index contributed by atoms with van der Waals surface area (Å²) in [6.07, 6.45) is 6.96. The maximum Gasteiger partial charge on any atom is 0.282 e. The standard InChI is InChI=1S/C31H30BrN3O4/c1-7-13-39-29-25(32)15-21(16-28(29)38-8-2)18-33-35-30(34-26-12-10-9-11-22(26)31(35)36)24-17-23(19(3)4)27(37-6)14-20(24)5/h1,9-12,14-19H,8,13H2,2-6H3. The number of rotatable bonds is 9. The molecule has 0 atom stereocenters. The van der Waals surface area contributed by atoms with Gasteiger partial charge in [0.15, 0.2) is 17.3 Å². The minimum atomic E-state index is -0.272. The van der Waals surface area contributed by atoms with E-state index in [-0.39, 0.29) is 18.1 Å². The van der Waals surface area contributed by atoms with E-state index in [9.17, 15) is 4.79 Å². The van der Waals surface area contributed by atoms with E-state index in [0.29, 0.717) is 44.9 Å². The molecule has 7 nitrogen and oxygen atoms in total. The number of hydrogen-bond acceptors (Lipinski definition) is 6. The monoisotopic (exact) mass is 587 g/mol. The molecular formula is C31H30BrN3O4. The summed E-state index contributed by atoms with van der Waals surface area (Å²) in [5.74, 6) is 4.92. The zero-order valence-electron chi connectivity index (χ0n) is 22.6. The number of para-hydroxylation sites is 1. The maximum absolute atomic E-state index is 13.7. The second-order valence-electron chi connectivity index (χ2n) is 9.13. The van der Waals surface area contributed by atoms with Gasteiger partial charge < -0.3 is 14.2 Å². The zero-order chi connectivity index (χ0) is 28.1. The Labute approximate surface area is 236 Å². The number of fused-ring (bicyclic) bond motifs is 1. The molecule has 0 bridgehead atoms. The fraction of sp³-hybridized carbons (Fsp3) is 0.258. The van der Waals surface area contributed by atoms with E-state index in [4.69, 9.17) is 25.6 Å². The molecule has 200 valence electrons. The van der Waals surface area contributed by atoms with Crippen molar-refractivity contribution in [2.45, 2.75) is 33.6 Å². The minimum absolute atomic E-state index is 0.104. The van der Waals surface area contributed by atoms with Crippen LogP contribution < -0.4 is 19.8 Å². The second-order valence-corrected chi connectivity index (χ2v) is 9.99. The molecule has 0 aliphatic heterocycles. The van der Waals surface area contributed by atoms with Crippen molar-refractivity contribution in [3.05, 3.63) is 80.0 Å². The predicted molar refractivity (Wildman–Crippen MR) is 159 cm³/mol. The number of hydrogen-bond donors (Lipinski definition) is 0. The summed E-state index contributed by atoms with van der Waals surface area (Å²) in [6.45, 7) is 8.59. The molecule has 4 rings (SSSR count). The number of benzene rings is 3. The van der Waals surface area contributed by atoms with Crippen molar-refractivity contribution < 1.29 is 14.2 Å². The van der Waals surface area contributed by atoms with Gasteiger partial charge in [0, 0.05) is 5.56 Å². The van der Waals surface area contributed by atoms with Gasteiger partial charge in [-0.25, -0.2) is 4.98 Å². The first-order chi connectivity index (χ1) is 18.8. The number of aromatic nitrogens is 2. The Morgan fingerprint density at radius 3 is 2.62 bits per heavy atom. The topological polar surface area (TPSA) is 74.9 Å². The van der Waals surface area contributed by atoms with Crippen molar-refractivity contribution in [2.24, 2.45) is 5.10 Å². The van der Waals surface area contributed by atoms with Crippen molar-refractivity contribution in [2.75, 3.05) is 20.3 Å². The quantitative estimate of drug-likeness (QED) is 0.164. The first-order valence-electron chi connectivity index (χ1n) is 12.6. The summed E-state index contributed by atoms with van der Waals surface area (Å²) < 4.78 is 19.1. The van der Waals surface area contributed by atoms with Crippen molar-refractivity contribution in [3.63, 3.8) is 0 Å². The maximum atomic E-state index is 13.7. The average molecular weight is 589 g/mol. The van der Waals surface area contributed by atoms with Gasteiger partial charge >= 0.3 is 0 Å². The smallest absolute Gasteiger partial charge is 0.282 e. The van der Waals surface area contributed by atoms with E-state index >= 15 is 0 Å². The third-order valence-electron chi connectivity index (χ3n) is 6.15. The second kappa shape index (κ2) is 12.2. The van der Waals surface area contributed by atoms with Crippen molar-refractivity contribution in [1.29, 1.82) is 0 Å². The lowest BCUT2D eigenvalue weighted by Gasteiger charge is -2.17. The zero-order valence-corrected chi connectivity index (χ0v) is 24.2. The minimum Gasteiger partial charge on any atom is -0.496 e. The normalized spacial score (nSPS) is 11.2. The van der Waals surface area contributed by atoms with Crippen LogP contribution in [0.3, 0.4) is 0 Å². The molecule has 8 heteroatoms. The summed E-state index contributed by atoms with van der Waals surface area (Å²) in [5, 5.41) is 5.11. The van der Waals surface area contributed by atoms with Gasteiger partial charge in [0.25, 0.3) is 5.56 Å². The van der Waals surface area contributed by atoms with Gasteiger partial charge in [-0.15, -0.1) is 6.42 Å². The molecule has 0 aliphatic carbocycles. The van der Waals surface area contributed by atoms with Crippen LogP contribution in [0.5, 0.6) is 17.2 Å². The van der Waals surface area contributed by atoms with Gasteiger partial charge in [0.05, 0.1) is 35.3 Å². The van der Waals surface area contributed by atoms with Crippen LogP contribution in [-0.2, 0) is 0 Å². The van der Waals surface area contributed by atoms with Crippen LogP contribution in [-0.4, -0.2) is 36.2 Å². The molecule has 0 saturated heterocycles. The first kappa shape index (κ1) is 27.9. The highest BCUT2D eigenvalue weighted by molar-refractivity contribution is 9.10. The summed E-state index contributed by atoms with van der Waals surface area (Å²) in [7, 11) is 1.66. The fourth-order valence-electron chi connectivity index (χ4n) is 4.28. The Balaban J connectivity index is 1.92. The molecule has 0 aliphatic rings. The van der Waals surface area contributed by atoms with Crippen LogP contribution >= 0.6 is 15.9 Å². The lowest BCUT2D eigenvalue weighted by Crippen LogP contribution is -2.20. The average Bonchev–Trinajstić information content (AvgIpc) is 2.92. The molecule has 0 fully saturated rings. The third kappa shape index (κ3) is 5.84. The number of halogens is 1. The number of ether oxygens (including phenoxy) is 3. The molecule has 39 heavy (non-hydrogen) atoms. The number of aryl methyl sites for hydroxylation is 1. The van der Waals surface area contributed by atoms with E-state index < -0.39 is 0 Å². The molecule has 0 N–H and O–H groups in total. The van der Waals surface area contributed by atoms with Gasteiger partial charge in [-0.1, -0.05) is 31.9 Å². The Hall–Kier alpha value is -4.09. The van der Waals surface area contributed by atoms with Crippen LogP contribution in [0.25, 0.3) is 22.3 Å². The highest BCUT2D eigenvalue weighted by Crippen LogP contribution is 2.37. The van der Waals surface area contributed by atoms with Crippen molar-refractivity contribution >= 4 is 33.0 Å². The van der Waals surface area contributed by atoms with E-state index in [1.54, 1.807) is 25.5 Å². The summed E-state index contributed by atoms with van der Waals surface area (Å²) >= 11 is 3.54. The Morgan fingerprint density at radius 1 is 1.15 bits per heavy atom. The third-order valence-corrected chi connectivity index (χ3v) is 6.74. The molecule has 0 amide bonds. The summed E-state index contributed by atoms with van der Waals surface area (Å²) in [5.41, 5.74) is 3.75. The van der Waals surface area contributed by atoms with Gasteiger partial charge in [-0.2, -0.15) is 9.78 Å². The molecule has 1 aromatic heterocycles. The Bertz CT molecular complexity index is 1650. The molecule has 0 radical (unpaired) electrons. The largest absolute Gasteiger partial charge is 0.496 e. The van der Waals surface area contributed by atoms with Crippen molar-refractivity contribution in [3.8, 4) is 41.0 Å². The Morgan fingerprint density at radius 2 is 1.92 bits per heavy atom. The Kier molecular flexibility index (Phi) is 8.72. The summed E-state index contributed by atoms with van der Waals surface area (Å²) in [6, 6.07) is 14.9. The van der Waals surface area contributed by atoms with E-state index in [2.05, 4.69) is 40.8 Å². The van der Waals surface area contributed by atoms with Crippen LogP contribution in [0.15, 0.2) is 62.9 Å². The van der Waals surface area contributed by atoms with Crippen molar-refractivity contribution in [1.82, 2.24) is 9.66 Å². The summed E-state index contributed by atoms with van der Waals surface area (Å²) in [4.78, 5) is 18.6.